The molecule has 1 aliphatic heterocycles. The van der Waals surface area contributed by atoms with E-state index in [-0.39, 0.29) is 5.91 Å². The van der Waals surface area contributed by atoms with E-state index in [1.54, 1.807) is 19.0 Å². The van der Waals surface area contributed by atoms with Gasteiger partial charge in [-0.05, 0) is 18.9 Å². The molecule has 0 bridgehead atoms. The fourth-order valence-electron chi connectivity index (χ4n) is 2.21. The Kier molecular flexibility index (Phi) is 4.11. The van der Waals surface area contributed by atoms with E-state index in [9.17, 15) is 4.79 Å². The van der Waals surface area contributed by atoms with Crippen LogP contribution in [-0.2, 0) is 0 Å². The van der Waals surface area contributed by atoms with Crippen LogP contribution in [0.1, 0.15) is 35.4 Å². The number of hydrogen-bond acceptors (Lipinski definition) is 4. The SMILES string of the molecule is CN(C)C(=O)c1sc(N2CCCCCC2)cc1N. The van der Waals surface area contributed by atoms with Gasteiger partial charge in [0.2, 0.25) is 0 Å². The Morgan fingerprint density at radius 1 is 1.28 bits per heavy atom. The summed E-state index contributed by atoms with van der Waals surface area (Å²) in [5, 5.41) is 1.14. The second kappa shape index (κ2) is 5.61. The van der Waals surface area contributed by atoms with Gasteiger partial charge in [-0.2, -0.15) is 0 Å². The van der Waals surface area contributed by atoms with Crippen molar-refractivity contribution in [2.45, 2.75) is 25.7 Å². The smallest absolute Gasteiger partial charge is 0.265 e. The van der Waals surface area contributed by atoms with E-state index in [4.69, 9.17) is 5.73 Å². The Labute approximate surface area is 112 Å². The Bertz CT molecular complexity index is 420. The van der Waals surface area contributed by atoms with E-state index >= 15 is 0 Å². The largest absolute Gasteiger partial charge is 0.397 e. The minimum Gasteiger partial charge on any atom is -0.397 e. The zero-order chi connectivity index (χ0) is 13.1. The van der Waals surface area contributed by atoms with Crippen LogP contribution in [0, 0.1) is 0 Å². The summed E-state index contributed by atoms with van der Waals surface area (Å²) in [7, 11) is 3.51. The van der Waals surface area contributed by atoms with Crippen LogP contribution in [0.4, 0.5) is 10.7 Å². The summed E-state index contributed by atoms with van der Waals surface area (Å²) in [6.07, 6.45) is 5.07. The number of thiophene rings is 1. The molecule has 1 aliphatic rings. The molecule has 1 fully saturated rings. The quantitative estimate of drug-likeness (QED) is 0.895. The molecule has 2 heterocycles. The molecular formula is C13H21N3OS. The second-order valence-electron chi connectivity index (χ2n) is 4.97. The van der Waals surface area contributed by atoms with Crippen LogP contribution >= 0.6 is 11.3 Å². The number of amides is 1. The fourth-order valence-corrected chi connectivity index (χ4v) is 3.36. The summed E-state index contributed by atoms with van der Waals surface area (Å²) >= 11 is 1.52. The van der Waals surface area contributed by atoms with Crippen LogP contribution < -0.4 is 10.6 Å². The maximum absolute atomic E-state index is 12.0. The third-order valence-electron chi connectivity index (χ3n) is 3.27. The van der Waals surface area contributed by atoms with E-state index < -0.39 is 0 Å². The summed E-state index contributed by atoms with van der Waals surface area (Å²) in [5.74, 6) is -0.00132. The lowest BCUT2D eigenvalue weighted by Gasteiger charge is -2.20. The van der Waals surface area contributed by atoms with E-state index in [1.165, 1.54) is 37.0 Å². The highest BCUT2D eigenvalue weighted by molar-refractivity contribution is 7.18. The van der Waals surface area contributed by atoms with Gasteiger partial charge in [-0.25, -0.2) is 0 Å². The van der Waals surface area contributed by atoms with Crippen LogP contribution in [0.25, 0.3) is 0 Å². The number of anilines is 2. The van der Waals surface area contributed by atoms with Crippen molar-refractivity contribution in [2.75, 3.05) is 37.8 Å². The van der Waals surface area contributed by atoms with Crippen molar-refractivity contribution in [1.82, 2.24) is 4.90 Å². The van der Waals surface area contributed by atoms with Crippen molar-refractivity contribution in [3.05, 3.63) is 10.9 Å². The van der Waals surface area contributed by atoms with Crippen molar-refractivity contribution < 1.29 is 4.79 Å². The second-order valence-corrected chi connectivity index (χ2v) is 6.00. The number of nitrogens with two attached hydrogens (primary N) is 1. The lowest BCUT2D eigenvalue weighted by Crippen LogP contribution is -2.23. The van der Waals surface area contributed by atoms with Gasteiger partial charge in [-0.15, -0.1) is 11.3 Å². The highest BCUT2D eigenvalue weighted by Gasteiger charge is 2.19. The van der Waals surface area contributed by atoms with Gasteiger partial charge in [-0.3, -0.25) is 4.79 Å². The topological polar surface area (TPSA) is 49.6 Å². The number of carbonyl (C=O) groups excluding carboxylic acids is 1. The van der Waals surface area contributed by atoms with E-state index in [1.807, 2.05) is 6.07 Å². The minimum absolute atomic E-state index is 0.00132. The molecule has 1 saturated heterocycles. The summed E-state index contributed by atoms with van der Waals surface area (Å²) in [5.41, 5.74) is 6.57. The van der Waals surface area contributed by atoms with Crippen molar-refractivity contribution in [1.29, 1.82) is 0 Å². The molecule has 1 aromatic rings. The molecule has 0 unspecified atom stereocenters. The maximum Gasteiger partial charge on any atom is 0.265 e. The molecule has 0 atom stereocenters. The number of rotatable bonds is 2. The third-order valence-corrected chi connectivity index (χ3v) is 4.47. The van der Waals surface area contributed by atoms with Gasteiger partial charge in [0.25, 0.3) is 5.91 Å². The molecule has 0 aromatic carbocycles. The van der Waals surface area contributed by atoms with Crippen molar-refractivity contribution in [3.63, 3.8) is 0 Å². The third kappa shape index (κ3) is 2.77. The van der Waals surface area contributed by atoms with Crippen LogP contribution in [0.5, 0.6) is 0 Å². The average molecular weight is 267 g/mol. The Balaban J connectivity index is 2.19. The molecular weight excluding hydrogens is 246 g/mol. The molecule has 2 rings (SSSR count). The zero-order valence-corrected chi connectivity index (χ0v) is 11.9. The minimum atomic E-state index is -0.00132. The van der Waals surface area contributed by atoms with Crippen molar-refractivity contribution in [2.24, 2.45) is 0 Å². The van der Waals surface area contributed by atoms with Crippen LogP contribution in [-0.4, -0.2) is 38.0 Å². The first kappa shape index (κ1) is 13.2. The molecule has 1 amide bonds. The molecule has 0 aliphatic carbocycles. The summed E-state index contributed by atoms with van der Waals surface area (Å²) < 4.78 is 0. The molecule has 4 nitrogen and oxygen atoms in total. The highest BCUT2D eigenvalue weighted by atomic mass is 32.1. The number of hydrogen-bond donors (Lipinski definition) is 1. The summed E-state index contributed by atoms with van der Waals surface area (Å²) in [6, 6.07) is 1.95. The van der Waals surface area contributed by atoms with Gasteiger partial charge in [0.05, 0.1) is 10.7 Å². The van der Waals surface area contributed by atoms with Crippen LogP contribution in [0.15, 0.2) is 6.07 Å². The molecule has 5 heteroatoms. The predicted octanol–water partition coefficient (Wildman–Crippen LogP) is 2.41. The molecule has 18 heavy (non-hydrogen) atoms. The van der Waals surface area contributed by atoms with Crippen LogP contribution in [0.3, 0.4) is 0 Å². The van der Waals surface area contributed by atoms with Crippen molar-refractivity contribution >= 4 is 27.9 Å². The number of nitrogens with zero attached hydrogens (tertiary/aromatic N) is 2. The molecule has 0 radical (unpaired) electrons. The van der Waals surface area contributed by atoms with Gasteiger partial charge in [-0.1, -0.05) is 12.8 Å². The Morgan fingerprint density at radius 3 is 2.44 bits per heavy atom. The average Bonchev–Trinajstić information content (AvgIpc) is 2.55. The van der Waals surface area contributed by atoms with Gasteiger partial charge in [0.15, 0.2) is 0 Å². The van der Waals surface area contributed by atoms with E-state index in [0.29, 0.717) is 10.6 Å². The molecule has 2 N–H and O–H groups in total. The lowest BCUT2D eigenvalue weighted by atomic mass is 10.2. The van der Waals surface area contributed by atoms with Gasteiger partial charge in [0, 0.05) is 27.2 Å². The number of carbonyl (C=O) groups is 1. The van der Waals surface area contributed by atoms with E-state index in [2.05, 4.69) is 4.90 Å². The predicted molar refractivity (Wildman–Crippen MR) is 77.4 cm³/mol. The molecule has 0 spiro atoms. The first-order chi connectivity index (χ1) is 8.59. The van der Waals surface area contributed by atoms with Crippen LogP contribution in [0.2, 0.25) is 0 Å². The Morgan fingerprint density at radius 2 is 1.89 bits per heavy atom. The van der Waals surface area contributed by atoms with Gasteiger partial charge in [0.1, 0.15) is 4.88 Å². The van der Waals surface area contributed by atoms with E-state index in [0.717, 1.165) is 18.1 Å². The van der Waals surface area contributed by atoms with Gasteiger partial charge >= 0.3 is 0 Å². The number of nitrogen functional groups attached to an aromatic ring is 1. The summed E-state index contributed by atoms with van der Waals surface area (Å²) in [6.45, 7) is 2.16. The zero-order valence-electron chi connectivity index (χ0n) is 11.1. The molecule has 1 aromatic heterocycles. The highest BCUT2D eigenvalue weighted by Crippen LogP contribution is 2.33. The normalized spacial score (nSPS) is 16.4. The summed E-state index contributed by atoms with van der Waals surface area (Å²) in [4.78, 5) is 16.6. The van der Waals surface area contributed by atoms with Gasteiger partial charge < -0.3 is 15.5 Å². The standard InChI is InChI=1S/C13H21N3OS/c1-15(2)13(17)12-10(14)9-11(18-12)16-7-5-3-4-6-8-16/h9H,3-8,14H2,1-2H3. The first-order valence-electron chi connectivity index (χ1n) is 6.45. The Hall–Kier alpha value is -1.23. The van der Waals surface area contributed by atoms with Crippen molar-refractivity contribution in [3.8, 4) is 0 Å². The molecule has 0 saturated carbocycles. The lowest BCUT2D eigenvalue weighted by molar-refractivity contribution is 0.0833. The maximum atomic E-state index is 12.0. The monoisotopic (exact) mass is 267 g/mol. The fraction of sp³-hybridized carbons (Fsp3) is 0.615. The first-order valence-corrected chi connectivity index (χ1v) is 7.27. The molecule has 100 valence electrons.